The lowest BCUT2D eigenvalue weighted by molar-refractivity contribution is 0.0948. The van der Waals surface area contributed by atoms with Gasteiger partial charge in [-0.1, -0.05) is 54.1 Å². The van der Waals surface area contributed by atoms with Crippen LogP contribution < -0.4 is 0 Å². The fraction of sp³-hybridized carbons (Fsp3) is 0.154. The van der Waals surface area contributed by atoms with E-state index in [4.69, 9.17) is 0 Å². The predicted octanol–water partition coefficient (Wildman–Crippen LogP) is 4.51. The quantitative estimate of drug-likeness (QED) is 0.205. The zero-order valence-corrected chi connectivity index (χ0v) is 17.8. The van der Waals surface area contributed by atoms with E-state index in [1.807, 2.05) is 43.3 Å². The van der Waals surface area contributed by atoms with Crippen LogP contribution in [0.15, 0.2) is 66.7 Å². The highest BCUT2D eigenvalue weighted by Crippen LogP contribution is 2.31. The van der Waals surface area contributed by atoms with Gasteiger partial charge >= 0.3 is 0 Å². The molecule has 4 N–H and O–H groups in total. The lowest BCUT2D eigenvalue weighted by Gasteiger charge is -2.15. The molecule has 0 unspecified atom stereocenters. The third kappa shape index (κ3) is 3.93. The van der Waals surface area contributed by atoms with Gasteiger partial charge in [0.05, 0.1) is 17.6 Å². The number of ketones is 1. The van der Waals surface area contributed by atoms with Crippen LogP contribution in [-0.4, -0.2) is 37.7 Å². The fourth-order valence-electron chi connectivity index (χ4n) is 3.83. The average molecular weight is 428 g/mol. The molecule has 4 rings (SSSR count). The van der Waals surface area contributed by atoms with Crippen molar-refractivity contribution in [2.24, 2.45) is 0 Å². The topological polar surface area (TPSA) is 106 Å². The van der Waals surface area contributed by atoms with Crippen LogP contribution in [0.4, 0.5) is 0 Å². The Labute approximate surface area is 185 Å². The first-order chi connectivity index (χ1) is 15.4. The number of fused-ring (bicyclic) bond motifs is 1. The van der Waals surface area contributed by atoms with Crippen molar-refractivity contribution in [2.75, 3.05) is 6.61 Å². The van der Waals surface area contributed by atoms with E-state index < -0.39 is 18.5 Å². The molecular formula is C26H24N2O4. The minimum Gasteiger partial charge on any atom is -0.506 e. The summed E-state index contributed by atoms with van der Waals surface area (Å²) in [6.07, 6.45) is -1.10. The Morgan fingerprint density at radius 1 is 1.03 bits per heavy atom. The monoisotopic (exact) mass is 428 g/mol. The highest BCUT2D eigenvalue weighted by molar-refractivity contribution is 6.33. The second-order valence-electron chi connectivity index (χ2n) is 7.74. The van der Waals surface area contributed by atoms with Gasteiger partial charge in [-0.15, -0.1) is 0 Å². The number of carbonyl (C=O) groups excluding carboxylic acids is 1. The number of nitrogens with one attached hydrogen (secondary N) is 1. The number of aliphatic hydroxyl groups is 3. The second kappa shape index (κ2) is 8.78. The van der Waals surface area contributed by atoms with E-state index in [0.29, 0.717) is 27.8 Å². The number of benzene rings is 3. The summed E-state index contributed by atoms with van der Waals surface area (Å²) in [5, 5.41) is 30.8. The molecule has 6 nitrogen and oxygen atoms in total. The number of H-pyrrole nitrogens is 1. The summed E-state index contributed by atoms with van der Waals surface area (Å²) >= 11 is 0. The van der Waals surface area contributed by atoms with Crippen LogP contribution in [0.25, 0.3) is 22.4 Å². The lowest BCUT2D eigenvalue weighted by atomic mass is 9.91. The number of para-hydroxylation sites is 2. The van der Waals surface area contributed by atoms with Gasteiger partial charge in [-0.3, -0.25) is 4.79 Å². The van der Waals surface area contributed by atoms with E-state index in [-0.39, 0.29) is 17.2 Å². The maximum absolute atomic E-state index is 13.8. The molecule has 1 heterocycles. The number of aromatic nitrogens is 2. The molecule has 0 amide bonds. The molecule has 0 fully saturated rings. The van der Waals surface area contributed by atoms with E-state index in [1.165, 1.54) is 0 Å². The molecule has 0 radical (unpaired) electrons. The van der Waals surface area contributed by atoms with Crippen molar-refractivity contribution < 1.29 is 20.1 Å². The third-order valence-electron chi connectivity index (χ3n) is 5.53. The minimum absolute atomic E-state index is 0.0329. The van der Waals surface area contributed by atoms with E-state index in [9.17, 15) is 20.1 Å². The van der Waals surface area contributed by atoms with E-state index >= 15 is 0 Å². The summed E-state index contributed by atoms with van der Waals surface area (Å²) in [6.45, 7) is 3.16. The third-order valence-corrected chi connectivity index (χ3v) is 5.53. The first kappa shape index (κ1) is 21.5. The first-order valence-electron chi connectivity index (χ1n) is 10.3. The van der Waals surface area contributed by atoms with Crippen molar-refractivity contribution in [3.8, 4) is 0 Å². The minimum atomic E-state index is -1.10. The van der Waals surface area contributed by atoms with E-state index in [0.717, 1.165) is 11.1 Å². The SMILES string of the molecule is Cc1cccc(/C(O)=C(/C(=O)c2cccc([C@@H](O)CO)c2C)c2nc3ccccc3[nH]2)c1. The Hall–Kier alpha value is -3.74. The smallest absolute Gasteiger partial charge is 0.200 e. The summed E-state index contributed by atoms with van der Waals surface area (Å²) in [4.78, 5) is 21.5. The van der Waals surface area contributed by atoms with Gasteiger partial charge in [0.15, 0.2) is 0 Å². The number of allylic oxidation sites excluding steroid dienone is 1. The van der Waals surface area contributed by atoms with Crippen molar-refractivity contribution >= 4 is 28.1 Å². The van der Waals surface area contributed by atoms with Crippen LogP contribution in [0.3, 0.4) is 0 Å². The van der Waals surface area contributed by atoms with Gasteiger partial charge in [0.2, 0.25) is 5.78 Å². The number of aromatic amines is 1. The van der Waals surface area contributed by atoms with Gasteiger partial charge in [0, 0.05) is 11.1 Å². The number of Topliss-reactive ketones (excluding diaryl/α,β-unsaturated/α-hetero) is 1. The van der Waals surface area contributed by atoms with Crippen molar-refractivity contribution in [2.45, 2.75) is 20.0 Å². The summed E-state index contributed by atoms with van der Waals surface area (Å²) in [5.74, 6) is -0.375. The highest BCUT2D eigenvalue weighted by atomic mass is 16.3. The summed E-state index contributed by atoms with van der Waals surface area (Å²) in [7, 11) is 0. The van der Waals surface area contributed by atoms with Crippen LogP contribution in [0.5, 0.6) is 0 Å². The molecule has 0 aliphatic rings. The van der Waals surface area contributed by atoms with Gasteiger partial charge in [-0.2, -0.15) is 0 Å². The van der Waals surface area contributed by atoms with Crippen LogP contribution in [0, 0.1) is 13.8 Å². The number of imidazole rings is 1. The number of carbonyl (C=O) groups is 1. The van der Waals surface area contributed by atoms with Gasteiger partial charge in [-0.05, 0) is 43.2 Å². The number of aliphatic hydroxyl groups excluding tert-OH is 3. The predicted molar refractivity (Wildman–Crippen MR) is 124 cm³/mol. The number of hydrogen-bond donors (Lipinski definition) is 4. The molecule has 6 heteroatoms. The number of aryl methyl sites for hydroxylation is 1. The first-order valence-corrected chi connectivity index (χ1v) is 10.3. The Morgan fingerprint density at radius 2 is 1.78 bits per heavy atom. The zero-order valence-electron chi connectivity index (χ0n) is 17.8. The molecule has 162 valence electrons. The van der Waals surface area contributed by atoms with Crippen LogP contribution >= 0.6 is 0 Å². The molecule has 0 saturated carbocycles. The maximum Gasteiger partial charge on any atom is 0.200 e. The van der Waals surface area contributed by atoms with Gasteiger partial charge < -0.3 is 20.3 Å². The molecule has 32 heavy (non-hydrogen) atoms. The van der Waals surface area contributed by atoms with E-state index in [2.05, 4.69) is 9.97 Å². The number of hydrogen-bond acceptors (Lipinski definition) is 5. The largest absolute Gasteiger partial charge is 0.506 e. The van der Waals surface area contributed by atoms with Gasteiger partial charge in [0.25, 0.3) is 0 Å². The molecular weight excluding hydrogens is 404 g/mol. The van der Waals surface area contributed by atoms with Crippen molar-refractivity contribution in [3.63, 3.8) is 0 Å². The lowest BCUT2D eigenvalue weighted by Crippen LogP contribution is -2.12. The normalized spacial score (nSPS) is 13.1. The van der Waals surface area contributed by atoms with Gasteiger partial charge in [0.1, 0.15) is 23.3 Å². The summed E-state index contributed by atoms with van der Waals surface area (Å²) in [6, 6.07) is 19.6. The number of nitrogens with zero attached hydrogens (tertiary/aromatic N) is 1. The summed E-state index contributed by atoms with van der Waals surface area (Å²) in [5.41, 5.74) is 4.18. The molecule has 0 saturated heterocycles. The maximum atomic E-state index is 13.8. The standard InChI is InChI=1S/C26H24N2O4/c1-15-7-5-8-17(13-15)24(31)23(26-27-20-11-3-4-12-21(20)28-26)25(32)19-10-6-9-18(16(19)2)22(30)14-29/h3-13,22,29-31H,14H2,1-2H3,(H,27,28)/b24-23+/t22-/m0/s1. The van der Waals surface area contributed by atoms with Crippen LogP contribution in [-0.2, 0) is 0 Å². The molecule has 1 aromatic heterocycles. The molecule has 4 aromatic rings. The van der Waals surface area contributed by atoms with E-state index in [1.54, 1.807) is 37.3 Å². The zero-order chi connectivity index (χ0) is 22.8. The number of rotatable bonds is 6. The highest BCUT2D eigenvalue weighted by Gasteiger charge is 2.26. The Kier molecular flexibility index (Phi) is 5.90. The average Bonchev–Trinajstić information content (AvgIpc) is 3.22. The van der Waals surface area contributed by atoms with Crippen molar-refractivity contribution in [1.82, 2.24) is 9.97 Å². The molecule has 3 aromatic carbocycles. The molecule has 0 aliphatic carbocycles. The molecule has 0 bridgehead atoms. The van der Waals surface area contributed by atoms with Gasteiger partial charge in [-0.25, -0.2) is 4.98 Å². The Morgan fingerprint density at radius 3 is 2.50 bits per heavy atom. The molecule has 0 aliphatic heterocycles. The molecule has 1 atom stereocenters. The van der Waals surface area contributed by atoms with Crippen LogP contribution in [0.2, 0.25) is 0 Å². The Bertz CT molecular complexity index is 1300. The Balaban J connectivity index is 1.94. The van der Waals surface area contributed by atoms with Crippen molar-refractivity contribution in [3.05, 3.63) is 100 Å². The molecule has 0 spiro atoms. The van der Waals surface area contributed by atoms with Crippen LogP contribution in [0.1, 0.15) is 44.5 Å². The summed E-state index contributed by atoms with van der Waals surface area (Å²) < 4.78 is 0. The fourth-order valence-corrected chi connectivity index (χ4v) is 3.83. The second-order valence-corrected chi connectivity index (χ2v) is 7.74. The van der Waals surface area contributed by atoms with Crippen molar-refractivity contribution in [1.29, 1.82) is 0 Å².